The van der Waals surface area contributed by atoms with Gasteiger partial charge in [0.1, 0.15) is 17.5 Å². The fourth-order valence-corrected chi connectivity index (χ4v) is 2.99. The topological polar surface area (TPSA) is 54.2 Å². The molecule has 0 radical (unpaired) electrons. The lowest BCUT2D eigenvalue weighted by Crippen LogP contribution is -2.43. The van der Waals surface area contributed by atoms with Gasteiger partial charge in [0, 0.05) is 32.5 Å². The number of rotatable bonds is 9. The van der Waals surface area contributed by atoms with E-state index in [1.807, 2.05) is 20.8 Å². The molecule has 31 heavy (non-hydrogen) atoms. The van der Waals surface area contributed by atoms with Crippen LogP contribution in [-0.2, 0) is 14.2 Å². The number of hydrogen-bond donors (Lipinski definition) is 0. The zero-order valence-corrected chi connectivity index (χ0v) is 19.8. The highest BCUT2D eigenvalue weighted by molar-refractivity contribution is 5.59. The van der Waals surface area contributed by atoms with E-state index in [1.165, 1.54) is 0 Å². The van der Waals surface area contributed by atoms with E-state index in [0.717, 1.165) is 19.3 Å². The maximum Gasteiger partial charge on any atom is 0.232 e. The normalized spacial score (nSPS) is 18.5. The lowest BCUT2D eigenvalue weighted by atomic mass is 9.91. The van der Waals surface area contributed by atoms with Gasteiger partial charge in [-0.2, -0.15) is 0 Å². The van der Waals surface area contributed by atoms with E-state index in [9.17, 15) is 0 Å². The van der Waals surface area contributed by atoms with Gasteiger partial charge in [0.2, 0.25) is 5.69 Å². The molecule has 0 amide bonds. The van der Waals surface area contributed by atoms with E-state index in [0.29, 0.717) is 43.4 Å². The molecule has 1 heterocycles. The maximum atomic E-state index is 7.43. The van der Waals surface area contributed by atoms with Crippen molar-refractivity contribution in [3.05, 3.63) is 29.4 Å². The molecule has 1 saturated carbocycles. The Morgan fingerprint density at radius 1 is 1.06 bits per heavy atom. The van der Waals surface area contributed by atoms with Crippen LogP contribution >= 0.6 is 0 Å². The summed E-state index contributed by atoms with van der Waals surface area (Å²) in [4.78, 5) is 7.90. The molecule has 0 unspecified atom stereocenters. The molecule has 1 aromatic rings. The minimum absolute atomic E-state index is 0.0672. The van der Waals surface area contributed by atoms with Crippen molar-refractivity contribution in [2.75, 3.05) is 19.8 Å². The second-order valence-electron chi connectivity index (χ2n) is 9.69. The van der Waals surface area contributed by atoms with Crippen LogP contribution in [0.2, 0.25) is 0 Å². The summed E-state index contributed by atoms with van der Waals surface area (Å²) in [6.07, 6.45) is 5.03. The zero-order valence-electron chi connectivity index (χ0n) is 19.8. The average molecular weight is 429 g/mol. The molecule has 6 nitrogen and oxygen atoms in total. The minimum Gasteiger partial charge on any atom is -0.500 e. The Morgan fingerprint density at radius 3 is 2.45 bits per heavy atom. The molecule has 1 fully saturated rings. The molecule has 1 aliphatic rings. The largest absolute Gasteiger partial charge is 0.500 e. The molecule has 0 aromatic carbocycles. The molecule has 0 saturated heterocycles. The van der Waals surface area contributed by atoms with Crippen LogP contribution in [0.25, 0.3) is 4.85 Å². The molecular weight excluding hydrogens is 392 g/mol. The molecule has 170 valence electrons. The SMILES string of the molecule is [C-]#[N+]c1cc(C#CCCOCCCOC(C)(C)C)ncc1OC1CC(OC(C)(C)C)C1. The standard InChI is InChI=1S/C25H36N2O4/c1-24(2,3)29-14-10-13-28-12-9-8-11-19-15-22(26-7)23(18-27-19)30-20-16-21(17-20)31-25(4,5)6/h15,18,20-21H,9-10,12-14,16-17H2,1-6H3. The Balaban J connectivity index is 1.71. The first kappa shape index (κ1) is 25.1. The predicted octanol–water partition coefficient (Wildman–Crippen LogP) is 5.32. The maximum absolute atomic E-state index is 7.43. The van der Waals surface area contributed by atoms with Gasteiger partial charge in [0.15, 0.2) is 0 Å². The van der Waals surface area contributed by atoms with Crippen molar-refractivity contribution in [2.24, 2.45) is 0 Å². The van der Waals surface area contributed by atoms with Crippen LogP contribution in [0.1, 0.15) is 72.9 Å². The molecule has 0 spiro atoms. The summed E-state index contributed by atoms with van der Waals surface area (Å²) in [5, 5.41) is 0. The van der Waals surface area contributed by atoms with Crippen molar-refractivity contribution in [1.29, 1.82) is 0 Å². The van der Waals surface area contributed by atoms with Gasteiger partial charge in [-0.05, 0) is 60.0 Å². The van der Waals surface area contributed by atoms with Crippen LogP contribution in [0.15, 0.2) is 12.3 Å². The lowest BCUT2D eigenvalue weighted by molar-refractivity contribution is -0.126. The fourth-order valence-electron chi connectivity index (χ4n) is 2.99. The zero-order chi connectivity index (χ0) is 22.9. The van der Waals surface area contributed by atoms with E-state index < -0.39 is 0 Å². The molecule has 1 aromatic heterocycles. The van der Waals surface area contributed by atoms with Crippen LogP contribution in [0.4, 0.5) is 5.69 Å². The molecule has 6 heteroatoms. The van der Waals surface area contributed by atoms with Gasteiger partial charge in [0.05, 0.1) is 36.7 Å². The summed E-state index contributed by atoms with van der Waals surface area (Å²) in [5.74, 6) is 6.56. The molecule has 1 aliphatic carbocycles. The number of ether oxygens (including phenoxy) is 4. The molecule has 0 aliphatic heterocycles. The number of aromatic nitrogens is 1. The second kappa shape index (κ2) is 11.5. The highest BCUT2D eigenvalue weighted by Crippen LogP contribution is 2.35. The van der Waals surface area contributed by atoms with Crippen LogP contribution in [0.3, 0.4) is 0 Å². The highest BCUT2D eigenvalue weighted by atomic mass is 16.5. The van der Waals surface area contributed by atoms with Crippen LogP contribution in [0.5, 0.6) is 5.75 Å². The van der Waals surface area contributed by atoms with E-state index >= 15 is 0 Å². The Morgan fingerprint density at radius 2 is 1.81 bits per heavy atom. The first-order chi connectivity index (χ1) is 14.6. The van der Waals surface area contributed by atoms with Crippen LogP contribution < -0.4 is 4.74 Å². The minimum atomic E-state index is -0.148. The lowest BCUT2D eigenvalue weighted by Gasteiger charge is -2.39. The van der Waals surface area contributed by atoms with Gasteiger partial charge in [-0.3, -0.25) is 0 Å². The quantitative estimate of drug-likeness (QED) is 0.303. The summed E-state index contributed by atoms with van der Waals surface area (Å²) in [5.41, 5.74) is 0.754. The molecular formula is C25H36N2O4. The Bertz CT molecular complexity index is 800. The second-order valence-corrected chi connectivity index (χ2v) is 9.69. The Labute approximate surface area is 187 Å². The number of nitrogens with zero attached hydrogens (tertiary/aromatic N) is 2. The van der Waals surface area contributed by atoms with E-state index in [-0.39, 0.29) is 23.4 Å². The summed E-state index contributed by atoms with van der Waals surface area (Å²) in [6, 6.07) is 1.68. The van der Waals surface area contributed by atoms with Gasteiger partial charge >= 0.3 is 0 Å². The van der Waals surface area contributed by atoms with Crippen molar-refractivity contribution < 1.29 is 18.9 Å². The third-order valence-corrected chi connectivity index (χ3v) is 4.39. The average Bonchev–Trinajstić information content (AvgIpc) is 2.63. The predicted molar refractivity (Wildman–Crippen MR) is 121 cm³/mol. The first-order valence-corrected chi connectivity index (χ1v) is 11.0. The third-order valence-electron chi connectivity index (χ3n) is 4.39. The van der Waals surface area contributed by atoms with Gasteiger partial charge in [0.25, 0.3) is 0 Å². The Kier molecular flexibility index (Phi) is 9.32. The summed E-state index contributed by atoms with van der Waals surface area (Å²) in [6.45, 7) is 21.6. The molecule has 0 N–H and O–H groups in total. The van der Waals surface area contributed by atoms with Crippen molar-refractivity contribution in [1.82, 2.24) is 4.98 Å². The van der Waals surface area contributed by atoms with Crippen molar-refractivity contribution in [2.45, 2.75) is 90.6 Å². The van der Waals surface area contributed by atoms with Gasteiger partial charge in [-0.15, -0.1) is 0 Å². The summed E-state index contributed by atoms with van der Waals surface area (Å²) >= 11 is 0. The van der Waals surface area contributed by atoms with Gasteiger partial charge in [-0.25, -0.2) is 9.83 Å². The third kappa shape index (κ3) is 10.2. The van der Waals surface area contributed by atoms with Crippen molar-refractivity contribution in [3.8, 4) is 17.6 Å². The monoisotopic (exact) mass is 428 g/mol. The van der Waals surface area contributed by atoms with E-state index in [1.54, 1.807) is 12.3 Å². The first-order valence-electron chi connectivity index (χ1n) is 11.0. The van der Waals surface area contributed by atoms with Crippen LogP contribution in [0, 0.1) is 18.4 Å². The van der Waals surface area contributed by atoms with Crippen molar-refractivity contribution in [3.63, 3.8) is 0 Å². The molecule has 0 atom stereocenters. The van der Waals surface area contributed by atoms with Gasteiger partial charge < -0.3 is 18.9 Å². The van der Waals surface area contributed by atoms with Crippen LogP contribution in [-0.4, -0.2) is 48.2 Å². The summed E-state index contributed by atoms with van der Waals surface area (Å²) in [7, 11) is 0. The smallest absolute Gasteiger partial charge is 0.232 e. The van der Waals surface area contributed by atoms with E-state index in [2.05, 4.69) is 42.4 Å². The number of pyridine rings is 1. The Hall–Kier alpha value is -2.12. The fraction of sp³-hybridized carbons (Fsp3) is 0.680. The summed E-state index contributed by atoms with van der Waals surface area (Å²) < 4.78 is 23.1. The van der Waals surface area contributed by atoms with E-state index in [4.69, 9.17) is 25.5 Å². The van der Waals surface area contributed by atoms with Gasteiger partial charge in [-0.1, -0.05) is 5.92 Å². The highest BCUT2D eigenvalue weighted by Gasteiger charge is 2.34. The number of hydrogen-bond acceptors (Lipinski definition) is 5. The van der Waals surface area contributed by atoms with Crippen molar-refractivity contribution >= 4 is 5.69 Å². The molecule has 0 bridgehead atoms. The molecule has 2 rings (SSSR count).